The van der Waals surface area contributed by atoms with Crippen LogP contribution in [0.5, 0.6) is 11.5 Å². The highest BCUT2D eigenvalue weighted by Crippen LogP contribution is 2.45. The quantitative estimate of drug-likeness (QED) is 0.848. The fourth-order valence-corrected chi connectivity index (χ4v) is 2.29. The van der Waals surface area contributed by atoms with Crippen LogP contribution >= 0.6 is 0 Å². The average molecular weight is 251 g/mol. The Labute approximate surface area is 110 Å². The van der Waals surface area contributed by atoms with E-state index in [0.29, 0.717) is 0 Å². The van der Waals surface area contributed by atoms with Crippen molar-refractivity contribution >= 4 is 0 Å². The van der Waals surface area contributed by atoms with E-state index in [2.05, 4.69) is 20.8 Å². The van der Waals surface area contributed by atoms with Gasteiger partial charge >= 0.3 is 0 Å². The number of aromatic hydroxyl groups is 1. The van der Waals surface area contributed by atoms with Crippen molar-refractivity contribution in [3.63, 3.8) is 0 Å². The minimum atomic E-state index is -0.637. The molecule has 18 heavy (non-hydrogen) atoms. The first-order valence-electron chi connectivity index (χ1n) is 6.20. The van der Waals surface area contributed by atoms with Crippen molar-refractivity contribution in [1.29, 1.82) is 0 Å². The van der Waals surface area contributed by atoms with Crippen molar-refractivity contribution in [3.8, 4) is 11.5 Å². The van der Waals surface area contributed by atoms with Crippen LogP contribution in [0.15, 0.2) is 6.07 Å². The summed E-state index contributed by atoms with van der Waals surface area (Å²) in [5.74, 6) is 1.04. The zero-order valence-electron chi connectivity index (χ0n) is 12.5. The molecule has 102 valence electrons. The molecule has 0 bridgehead atoms. The van der Waals surface area contributed by atoms with E-state index in [4.69, 9.17) is 10.5 Å². The molecule has 1 rings (SSSR count). The molecule has 1 unspecified atom stereocenters. The van der Waals surface area contributed by atoms with Crippen LogP contribution in [0.4, 0.5) is 0 Å². The molecule has 1 aromatic carbocycles. The predicted octanol–water partition coefficient (Wildman–Crippen LogP) is 3.24. The molecule has 3 nitrogen and oxygen atoms in total. The zero-order chi connectivity index (χ0) is 14.3. The molecule has 0 aliphatic rings. The Morgan fingerprint density at radius 1 is 1.17 bits per heavy atom. The van der Waals surface area contributed by atoms with Crippen molar-refractivity contribution in [3.05, 3.63) is 22.8 Å². The molecule has 0 radical (unpaired) electrons. The summed E-state index contributed by atoms with van der Waals surface area (Å²) in [6, 6.07) is 1.72. The molecule has 0 aliphatic carbocycles. The van der Waals surface area contributed by atoms with Crippen LogP contribution in [0.25, 0.3) is 0 Å². The van der Waals surface area contributed by atoms with Crippen LogP contribution in [-0.4, -0.2) is 12.2 Å². The second kappa shape index (κ2) is 4.47. The third kappa shape index (κ3) is 2.19. The van der Waals surface area contributed by atoms with Gasteiger partial charge in [-0.1, -0.05) is 20.8 Å². The number of aryl methyl sites for hydroxylation is 1. The van der Waals surface area contributed by atoms with E-state index in [0.717, 1.165) is 22.4 Å². The molecule has 0 heterocycles. The number of phenolic OH excluding ortho intramolecular Hbond substituents is 1. The maximum Gasteiger partial charge on any atom is 0.125 e. The first-order chi connectivity index (χ1) is 8.04. The minimum absolute atomic E-state index is 0.171. The first kappa shape index (κ1) is 14.8. The lowest BCUT2D eigenvalue weighted by Gasteiger charge is -2.40. The number of methoxy groups -OCH3 is 1. The van der Waals surface area contributed by atoms with Crippen molar-refractivity contribution in [2.45, 2.75) is 47.1 Å². The predicted molar refractivity (Wildman–Crippen MR) is 75.1 cm³/mol. The number of rotatable bonds is 2. The Hall–Kier alpha value is -1.22. The van der Waals surface area contributed by atoms with Crippen molar-refractivity contribution < 1.29 is 9.84 Å². The molecule has 1 atom stereocenters. The van der Waals surface area contributed by atoms with Crippen molar-refractivity contribution in [1.82, 2.24) is 0 Å². The van der Waals surface area contributed by atoms with E-state index in [1.54, 1.807) is 13.2 Å². The number of ether oxygens (including phenoxy) is 1. The van der Waals surface area contributed by atoms with E-state index >= 15 is 0 Å². The highest BCUT2D eigenvalue weighted by atomic mass is 16.5. The molecule has 0 saturated heterocycles. The number of nitrogens with two attached hydrogens (primary N) is 1. The average Bonchev–Trinajstić information content (AvgIpc) is 2.14. The normalized spacial score (nSPS) is 15.3. The van der Waals surface area contributed by atoms with Gasteiger partial charge in [-0.25, -0.2) is 0 Å². The second-order valence-electron chi connectivity index (χ2n) is 6.20. The maximum absolute atomic E-state index is 10.3. The lowest BCUT2D eigenvalue weighted by Crippen LogP contribution is -2.46. The highest BCUT2D eigenvalue weighted by molar-refractivity contribution is 5.55. The standard InChI is InChI=1S/C15H25NO2/c1-9-8-11(17)12(10(2)13(9)18-7)15(6,16)14(3,4)5/h8,17H,16H2,1-7H3. The summed E-state index contributed by atoms with van der Waals surface area (Å²) in [7, 11) is 1.64. The fourth-order valence-electron chi connectivity index (χ4n) is 2.29. The van der Waals surface area contributed by atoms with E-state index < -0.39 is 5.54 Å². The molecule has 0 aliphatic heterocycles. The van der Waals surface area contributed by atoms with E-state index in [1.807, 2.05) is 20.8 Å². The largest absolute Gasteiger partial charge is 0.508 e. The number of benzene rings is 1. The zero-order valence-corrected chi connectivity index (χ0v) is 12.5. The van der Waals surface area contributed by atoms with Gasteiger partial charge in [0.15, 0.2) is 0 Å². The monoisotopic (exact) mass is 251 g/mol. The molecular formula is C15H25NO2. The molecule has 1 aromatic rings. The molecule has 0 fully saturated rings. The molecule has 0 saturated carbocycles. The summed E-state index contributed by atoms with van der Waals surface area (Å²) >= 11 is 0. The van der Waals surface area contributed by atoms with Gasteiger partial charge in [0.05, 0.1) is 7.11 Å². The molecule has 0 spiro atoms. The first-order valence-corrected chi connectivity index (χ1v) is 6.20. The molecule has 3 N–H and O–H groups in total. The maximum atomic E-state index is 10.3. The third-order valence-electron chi connectivity index (χ3n) is 3.96. The van der Waals surface area contributed by atoms with Gasteiger partial charge in [-0.3, -0.25) is 0 Å². The molecule has 3 heteroatoms. The lowest BCUT2D eigenvalue weighted by atomic mass is 9.69. The Morgan fingerprint density at radius 2 is 1.67 bits per heavy atom. The van der Waals surface area contributed by atoms with Crippen LogP contribution in [-0.2, 0) is 5.54 Å². The summed E-state index contributed by atoms with van der Waals surface area (Å²) < 4.78 is 5.41. The topological polar surface area (TPSA) is 55.5 Å². The Morgan fingerprint density at radius 3 is 2.06 bits per heavy atom. The summed E-state index contributed by atoms with van der Waals surface area (Å²) in [6.45, 7) is 12.0. The molecule has 0 aromatic heterocycles. The molecule has 0 amide bonds. The number of hydrogen-bond donors (Lipinski definition) is 2. The summed E-state index contributed by atoms with van der Waals surface area (Å²) in [4.78, 5) is 0. The van der Waals surface area contributed by atoms with Gasteiger partial charge in [-0.15, -0.1) is 0 Å². The van der Waals surface area contributed by atoms with Crippen LogP contribution in [0.3, 0.4) is 0 Å². The fraction of sp³-hybridized carbons (Fsp3) is 0.600. The van der Waals surface area contributed by atoms with Gasteiger partial charge in [0, 0.05) is 16.7 Å². The van der Waals surface area contributed by atoms with Crippen LogP contribution in [0.1, 0.15) is 44.4 Å². The third-order valence-corrected chi connectivity index (χ3v) is 3.96. The summed E-state index contributed by atoms with van der Waals surface area (Å²) in [6.07, 6.45) is 0. The van der Waals surface area contributed by atoms with Gasteiger partial charge in [0.1, 0.15) is 11.5 Å². The second-order valence-corrected chi connectivity index (χ2v) is 6.20. The van der Waals surface area contributed by atoms with Gasteiger partial charge < -0.3 is 15.6 Å². The SMILES string of the molecule is COc1c(C)cc(O)c(C(C)(N)C(C)(C)C)c1C. The van der Waals surface area contributed by atoms with Gasteiger partial charge in [-0.05, 0) is 37.8 Å². The Bertz CT molecular complexity index is 457. The van der Waals surface area contributed by atoms with Crippen LogP contribution in [0.2, 0.25) is 0 Å². The van der Waals surface area contributed by atoms with Crippen LogP contribution in [0, 0.1) is 19.3 Å². The van der Waals surface area contributed by atoms with Crippen molar-refractivity contribution in [2.24, 2.45) is 11.1 Å². The summed E-state index contributed by atoms with van der Waals surface area (Å²) in [5, 5.41) is 10.3. The highest BCUT2D eigenvalue weighted by Gasteiger charge is 2.39. The minimum Gasteiger partial charge on any atom is -0.508 e. The van der Waals surface area contributed by atoms with E-state index in [1.165, 1.54) is 0 Å². The van der Waals surface area contributed by atoms with E-state index in [-0.39, 0.29) is 11.2 Å². The number of phenols is 1. The van der Waals surface area contributed by atoms with E-state index in [9.17, 15) is 5.11 Å². The van der Waals surface area contributed by atoms with Crippen molar-refractivity contribution in [2.75, 3.05) is 7.11 Å². The lowest BCUT2D eigenvalue weighted by molar-refractivity contribution is 0.203. The van der Waals surface area contributed by atoms with Gasteiger partial charge in [0.2, 0.25) is 0 Å². The van der Waals surface area contributed by atoms with Gasteiger partial charge in [-0.2, -0.15) is 0 Å². The molecular weight excluding hydrogens is 226 g/mol. The smallest absolute Gasteiger partial charge is 0.125 e. The number of hydrogen-bond acceptors (Lipinski definition) is 3. The van der Waals surface area contributed by atoms with Gasteiger partial charge in [0.25, 0.3) is 0 Å². The Balaban J connectivity index is 3.61. The van der Waals surface area contributed by atoms with Crippen LogP contribution < -0.4 is 10.5 Å². The summed E-state index contributed by atoms with van der Waals surface area (Å²) in [5.41, 5.74) is 8.26. The Kier molecular flexibility index (Phi) is 3.68.